The maximum Gasteiger partial charge on any atom is 0.170 e. The van der Waals surface area contributed by atoms with Crippen molar-refractivity contribution in [1.82, 2.24) is 15.0 Å². The van der Waals surface area contributed by atoms with Gasteiger partial charge in [0.05, 0.1) is 17.5 Å². The molecule has 20 heavy (non-hydrogen) atoms. The number of nitrogens with two attached hydrogens (primary N) is 1. The second kappa shape index (κ2) is 5.15. The molecule has 1 aromatic carbocycles. The highest BCUT2D eigenvalue weighted by Gasteiger charge is 2.24. The molecule has 2 N–H and O–H groups in total. The van der Waals surface area contributed by atoms with E-state index in [-0.39, 0.29) is 11.5 Å². The first-order chi connectivity index (χ1) is 9.29. The largest absolute Gasteiger partial charge is 0.491 e. The lowest BCUT2D eigenvalue weighted by molar-refractivity contribution is 0.242. The fourth-order valence-electron chi connectivity index (χ4n) is 2.11. The maximum absolute atomic E-state index is 5.94. The van der Waals surface area contributed by atoms with E-state index in [1.165, 1.54) is 0 Å². The molecular weight excluding hydrogens is 252 g/mol. The normalized spacial score (nSPS) is 11.9. The molecule has 0 aliphatic heterocycles. The molecule has 0 aliphatic rings. The monoisotopic (exact) mass is 274 g/mol. The number of hydrogen-bond donors (Lipinski definition) is 1. The first-order valence-electron chi connectivity index (χ1n) is 6.78. The Morgan fingerprint density at radius 3 is 2.25 bits per heavy atom. The van der Waals surface area contributed by atoms with Crippen molar-refractivity contribution in [1.29, 1.82) is 0 Å². The van der Waals surface area contributed by atoms with Gasteiger partial charge >= 0.3 is 0 Å². The highest BCUT2D eigenvalue weighted by atomic mass is 16.5. The Morgan fingerprint density at radius 1 is 1.15 bits per heavy atom. The van der Waals surface area contributed by atoms with Gasteiger partial charge in [-0.2, -0.15) is 0 Å². The lowest BCUT2D eigenvalue weighted by atomic mass is 9.91. The Bertz CT molecular complexity index is 579. The van der Waals surface area contributed by atoms with Crippen LogP contribution in [0.3, 0.4) is 0 Å². The predicted octanol–water partition coefficient (Wildman–Crippen LogP) is 2.93. The number of rotatable bonds is 3. The third kappa shape index (κ3) is 2.92. The Hall–Kier alpha value is -2.04. The summed E-state index contributed by atoms with van der Waals surface area (Å²) < 4.78 is 7.42. The van der Waals surface area contributed by atoms with Gasteiger partial charge in [0.2, 0.25) is 0 Å². The van der Waals surface area contributed by atoms with Gasteiger partial charge in [0.15, 0.2) is 5.82 Å². The van der Waals surface area contributed by atoms with Crippen LogP contribution in [-0.4, -0.2) is 21.1 Å². The minimum atomic E-state index is -0.124. The Kier molecular flexibility index (Phi) is 3.70. The summed E-state index contributed by atoms with van der Waals surface area (Å²) in [5, 5.41) is 8.13. The number of hydrogen-bond acceptors (Lipinski definition) is 4. The highest BCUT2D eigenvalue weighted by molar-refractivity contribution is 5.45. The molecule has 2 rings (SSSR count). The standard InChI is InChI=1S/C15H22N4O/c1-10(2)20-12-8-6-11(7-9-12)19-13(15(3,4)5)14(16)17-18-19/h6-10H,16H2,1-5H3. The molecule has 0 radical (unpaired) electrons. The molecule has 0 spiro atoms. The van der Waals surface area contributed by atoms with Crippen LogP contribution in [0.5, 0.6) is 5.75 Å². The Labute approximate surface area is 119 Å². The van der Waals surface area contributed by atoms with Crippen molar-refractivity contribution in [2.45, 2.75) is 46.1 Å². The smallest absolute Gasteiger partial charge is 0.170 e. The molecule has 0 amide bonds. The minimum Gasteiger partial charge on any atom is -0.491 e. The molecule has 0 fully saturated rings. The van der Waals surface area contributed by atoms with E-state index in [2.05, 4.69) is 31.1 Å². The van der Waals surface area contributed by atoms with Gasteiger partial charge in [-0.25, -0.2) is 4.68 Å². The second-order valence-electron chi connectivity index (χ2n) is 6.15. The first kappa shape index (κ1) is 14.4. The third-order valence-electron chi connectivity index (χ3n) is 2.86. The van der Waals surface area contributed by atoms with Crippen molar-refractivity contribution in [3.8, 4) is 11.4 Å². The number of aromatic nitrogens is 3. The fourth-order valence-corrected chi connectivity index (χ4v) is 2.11. The van der Waals surface area contributed by atoms with E-state index in [1.807, 2.05) is 38.1 Å². The van der Waals surface area contributed by atoms with Crippen LogP contribution in [-0.2, 0) is 5.41 Å². The number of nitrogen functional groups attached to an aromatic ring is 1. The van der Waals surface area contributed by atoms with Crippen molar-refractivity contribution in [3.05, 3.63) is 30.0 Å². The van der Waals surface area contributed by atoms with Crippen LogP contribution < -0.4 is 10.5 Å². The van der Waals surface area contributed by atoms with E-state index < -0.39 is 0 Å². The first-order valence-corrected chi connectivity index (χ1v) is 6.78. The van der Waals surface area contributed by atoms with Gasteiger partial charge in [-0.15, -0.1) is 5.10 Å². The van der Waals surface area contributed by atoms with Crippen LogP contribution >= 0.6 is 0 Å². The average Bonchev–Trinajstić information content (AvgIpc) is 2.71. The van der Waals surface area contributed by atoms with E-state index in [0.717, 1.165) is 17.1 Å². The van der Waals surface area contributed by atoms with E-state index in [1.54, 1.807) is 4.68 Å². The molecular formula is C15H22N4O. The summed E-state index contributed by atoms with van der Waals surface area (Å²) in [5.74, 6) is 1.31. The highest BCUT2D eigenvalue weighted by Crippen LogP contribution is 2.28. The van der Waals surface area contributed by atoms with Crippen LogP contribution in [0.25, 0.3) is 5.69 Å². The summed E-state index contributed by atoms with van der Waals surface area (Å²) in [5.41, 5.74) is 7.66. The zero-order valence-electron chi connectivity index (χ0n) is 12.7. The van der Waals surface area contributed by atoms with Gasteiger partial charge in [0, 0.05) is 5.41 Å². The predicted molar refractivity (Wildman–Crippen MR) is 80.2 cm³/mol. The minimum absolute atomic E-state index is 0.124. The molecule has 0 unspecified atom stereocenters. The number of ether oxygens (including phenoxy) is 1. The van der Waals surface area contributed by atoms with Crippen LogP contribution in [0, 0.1) is 0 Å². The number of benzene rings is 1. The van der Waals surface area contributed by atoms with Gasteiger partial charge in [-0.1, -0.05) is 26.0 Å². The van der Waals surface area contributed by atoms with Crippen molar-refractivity contribution < 1.29 is 4.74 Å². The molecule has 1 heterocycles. The van der Waals surface area contributed by atoms with E-state index in [9.17, 15) is 0 Å². The maximum atomic E-state index is 5.94. The quantitative estimate of drug-likeness (QED) is 0.934. The summed E-state index contributed by atoms with van der Waals surface area (Å²) >= 11 is 0. The van der Waals surface area contributed by atoms with Gasteiger partial charge < -0.3 is 10.5 Å². The van der Waals surface area contributed by atoms with E-state index in [4.69, 9.17) is 10.5 Å². The SMILES string of the molecule is CC(C)Oc1ccc(-n2nnc(N)c2C(C)(C)C)cc1. The summed E-state index contributed by atoms with van der Waals surface area (Å²) in [6.45, 7) is 10.3. The Balaban J connectivity index is 2.38. The van der Waals surface area contributed by atoms with Gasteiger partial charge in [-0.05, 0) is 38.1 Å². The second-order valence-corrected chi connectivity index (χ2v) is 6.15. The van der Waals surface area contributed by atoms with Crippen LogP contribution in [0.4, 0.5) is 5.82 Å². The lowest BCUT2D eigenvalue weighted by Gasteiger charge is -2.20. The van der Waals surface area contributed by atoms with Crippen LogP contribution in [0.2, 0.25) is 0 Å². The van der Waals surface area contributed by atoms with Crippen LogP contribution in [0.1, 0.15) is 40.3 Å². The average molecular weight is 274 g/mol. The number of anilines is 1. The summed E-state index contributed by atoms with van der Waals surface area (Å²) in [6.07, 6.45) is 0.160. The zero-order chi connectivity index (χ0) is 14.9. The van der Waals surface area contributed by atoms with Gasteiger partial charge in [-0.3, -0.25) is 0 Å². The number of nitrogens with zero attached hydrogens (tertiary/aromatic N) is 3. The topological polar surface area (TPSA) is 66.0 Å². The van der Waals surface area contributed by atoms with Crippen LogP contribution in [0.15, 0.2) is 24.3 Å². The molecule has 5 nitrogen and oxygen atoms in total. The van der Waals surface area contributed by atoms with Crippen molar-refractivity contribution in [3.63, 3.8) is 0 Å². The molecule has 5 heteroatoms. The van der Waals surface area contributed by atoms with Gasteiger partial charge in [0.25, 0.3) is 0 Å². The summed E-state index contributed by atoms with van der Waals surface area (Å²) in [4.78, 5) is 0. The molecule has 108 valence electrons. The molecule has 0 saturated carbocycles. The van der Waals surface area contributed by atoms with E-state index >= 15 is 0 Å². The molecule has 2 aromatic rings. The summed E-state index contributed by atoms with van der Waals surface area (Å²) in [7, 11) is 0. The van der Waals surface area contributed by atoms with Crippen molar-refractivity contribution >= 4 is 5.82 Å². The van der Waals surface area contributed by atoms with Crippen molar-refractivity contribution in [2.75, 3.05) is 5.73 Å². The molecule has 1 aromatic heterocycles. The third-order valence-corrected chi connectivity index (χ3v) is 2.86. The molecule has 0 saturated heterocycles. The zero-order valence-corrected chi connectivity index (χ0v) is 12.7. The lowest BCUT2D eigenvalue weighted by Crippen LogP contribution is -2.19. The molecule has 0 aliphatic carbocycles. The molecule has 0 atom stereocenters. The molecule has 0 bridgehead atoms. The van der Waals surface area contributed by atoms with Crippen molar-refractivity contribution in [2.24, 2.45) is 0 Å². The summed E-state index contributed by atoms with van der Waals surface area (Å²) in [6, 6.07) is 7.78. The fraction of sp³-hybridized carbons (Fsp3) is 0.467. The van der Waals surface area contributed by atoms with Gasteiger partial charge in [0.1, 0.15) is 5.75 Å². The Morgan fingerprint density at radius 2 is 1.75 bits per heavy atom. The van der Waals surface area contributed by atoms with E-state index in [0.29, 0.717) is 5.82 Å².